The summed E-state index contributed by atoms with van der Waals surface area (Å²) in [6.07, 6.45) is 6.34. The number of hydrogen-bond acceptors (Lipinski definition) is 1. The topological polar surface area (TPSA) is 20.2 Å². The van der Waals surface area contributed by atoms with Crippen LogP contribution in [0.15, 0.2) is 72.8 Å². The normalized spacial score (nSPS) is 11.9. The Balaban J connectivity index is 2.31. The molecule has 1 nitrogen and oxygen atoms in total. The molecule has 2 heteroatoms. The van der Waals surface area contributed by atoms with Crippen LogP contribution in [0.3, 0.4) is 0 Å². The van der Waals surface area contributed by atoms with E-state index in [9.17, 15) is 4.80 Å². The number of hydrogen-bond donors (Lipinski definition) is 1. The third kappa shape index (κ3) is 3.47. The molecule has 2 aromatic rings. The summed E-state index contributed by atoms with van der Waals surface area (Å²) >= 11 is 0. The Bertz CT molecular complexity index is 494. The smallest absolute Gasteiger partial charge is 0.252 e. The van der Waals surface area contributed by atoms with Crippen LogP contribution in [0.5, 0.6) is 0 Å². The van der Waals surface area contributed by atoms with Crippen molar-refractivity contribution in [3.05, 3.63) is 72.8 Å². The predicted octanol–water partition coefficient (Wildman–Crippen LogP) is 3.09. The molecule has 0 aliphatic carbocycles. The van der Waals surface area contributed by atoms with E-state index in [1.807, 2.05) is 36.4 Å². The SMILES string of the molecule is CC/C=C\CC[Si](O)(c1ccccc1)c1ccccc1. The minimum atomic E-state index is -2.60. The van der Waals surface area contributed by atoms with E-state index >= 15 is 0 Å². The molecule has 0 aliphatic rings. The van der Waals surface area contributed by atoms with Crippen molar-refractivity contribution < 1.29 is 4.80 Å². The first kappa shape index (κ1) is 14.8. The van der Waals surface area contributed by atoms with Gasteiger partial charge in [-0.3, -0.25) is 0 Å². The molecular weight excluding hydrogens is 260 g/mol. The van der Waals surface area contributed by atoms with E-state index < -0.39 is 8.32 Å². The van der Waals surface area contributed by atoms with Gasteiger partial charge in [0.1, 0.15) is 0 Å². The quantitative estimate of drug-likeness (QED) is 0.637. The van der Waals surface area contributed by atoms with E-state index in [-0.39, 0.29) is 0 Å². The zero-order valence-electron chi connectivity index (χ0n) is 12.0. The summed E-state index contributed by atoms with van der Waals surface area (Å²) in [7, 11) is -2.60. The van der Waals surface area contributed by atoms with Crippen molar-refractivity contribution in [1.82, 2.24) is 0 Å². The molecule has 0 amide bonds. The molecule has 0 aromatic heterocycles. The number of rotatable bonds is 6. The Morgan fingerprint density at radius 1 is 0.850 bits per heavy atom. The van der Waals surface area contributed by atoms with Gasteiger partial charge in [0.05, 0.1) is 0 Å². The zero-order chi connectivity index (χ0) is 14.3. The Labute approximate surface area is 122 Å². The summed E-state index contributed by atoms with van der Waals surface area (Å²) in [5.74, 6) is 0. The Morgan fingerprint density at radius 2 is 1.35 bits per heavy atom. The standard InChI is InChI=1S/C18H22OSi/c1-2-3-4-11-16-20(19,17-12-7-5-8-13-17)18-14-9-6-10-15-18/h3-10,12-15,19H,2,11,16H2,1H3/b4-3-. The first-order valence-corrected chi connectivity index (χ1v) is 9.41. The summed E-state index contributed by atoms with van der Waals surface area (Å²) in [4.78, 5) is 11.4. The summed E-state index contributed by atoms with van der Waals surface area (Å²) < 4.78 is 0. The molecule has 0 heterocycles. The van der Waals surface area contributed by atoms with Crippen LogP contribution in [-0.2, 0) is 0 Å². The fourth-order valence-corrected chi connectivity index (χ4v) is 5.44. The monoisotopic (exact) mass is 282 g/mol. The maximum Gasteiger partial charge on any atom is 0.252 e. The van der Waals surface area contributed by atoms with Crippen molar-refractivity contribution in [2.24, 2.45) is 0 Å². The summed E-state index contributed by atoms with van der Waals surface area (Å²) in [5, 5.41) is 2.19. The van der Waals surface area contributed by atoms with Crippen molar-refractivity contribution in [1.29, 1.82) is 0 Å². The van der Waals surface area contributed by atoms with Gasteiger partial charge in [-0.05, 0) is 29.3 Å². The molecule has 0 unspecified atom stereocenters. The highest BCUT2D eigenvalue weighted by Crippen LogP contribution is 2.11. The van der Waals surface area contributed by atoms with E-state index in [1.165, 1.54) is 0 Å². The van der Waals surface area contributed by atoms with Crippen LogP contribution in [0.1, 0.15) is 19.8 Å². The molecule has 2 aromatic carbocycles. The molecule has 0 fully saturated rings. The minimum Gasteiger partial charge on any atom is -0.424 e. The lowest BCUT2D eigenvalue weighted by Gasteiger charge is -2.26. The van der Waals surface area contributed by atoms with E-state index in [4.69, 9.17) is 0 Å². The molecule has 0 spiro atoms. The first-order valence-electron chi connectivity index (χ1n) is 7.26. The van der Waals surface area contributed by atoms with Gasteiger partial charge in [-0.1, -0.05) is 79.7 Å². The van der Waals surface area contributed by atoms with Gasteiger partial charge in [0.15, 0.2) is 0 Å². The van der Waals surface area contributed by atoms with Crippen molar-refractivity contribution in [2.75, 3.05) is 0 Å². The van der Waals surface area contributed by atoms with Crippen molar-refractivity contribution in [3.8, 4) is 0 Å². The molecule has 0 atom stereocenters. The van der Waals surface area contributed by atoms with Crippen LogP contribution >= 0.6 is 0 Å². The summed E-state index contributed by atoms with van der Waals surface area (Å²) in [5.41, 5.74) is 0. The van der Waals surface area contributed by atoms with Crippen molar-refractivity contribution >= 4 is 18.7 Å². The van der Waals surface area contributed by atoms with E-state index in [2.05, 4.69) is 43.3 Å². The zero-order valence-corrected chi connectivity index (χ0v) is 13.0. The van der Waals surface area contributed by atoms with Crippen LogP contribution in [-0.4, -0.2) is 13.1 Å². The van der Waals surface area contributed by atoms with Gasteiger partial charge in [0.25, 0.3) is 8.32 Å². The van der Waals surface area contributed by atoms with Gasteiger partial charge in [-0.15, -0.1) is 0 Å². The largest absolute Gasteiger partial charge is 0.424 e. The molecule has 0 saturated heterocycles. The third-order valence-electron chi connectivity index (χ3n) is 3.58. The molecule has 20 heavy (non-hydrogen) atoms. The highest BCUT2D eigenvalue weighted by molar-refractivity contribution is 6.96. The lowest BCUT2D eigenvalue weighted by Crippen LogP contribution is -2.58. The van der Waals surface area contributed by atoms with E-state index in [0.717, 1.165) is 29.3 Å². The molecule has 1 N–H and O–H groups in total. The second kappa shape index (κ2) is 7.22. The van der Waals surface area contributed by atoms with Crippen molar-refractivity contribution in [3.63, 3.8) is 0 Å². The van der Waals surface area contributed by atoms with Gasteiger partial charge in [0, 0.05) is 0 Å². The van der Waals surface area contributed by atoms with Gasteiger partial charge in [-0.2, -0.15) is 0 Å². The fourth-order valence-electron chi connectivity index (χ4n) is 2.46. The second-order valence-electron chi connectivity index (χ2n) is 5.01. The highest BCUT2D eigenvalue weighted by atomic mass is 28.4. The minimum absolute atomic E-state index is 0.831. The van der Waals surface area contributed by atoms with Crippen LogP contribution in [0.2, 0.25) is 6.04 Å². The van der Waals surface area contributed by atoms with Crippen LogP contribution in [0.25, 0.3) is 0 Å². The summed E-state index contributed by atoms with van der Waals surface area (Å²) in [6.45, 7) is 2.13. The average molecular weight is 282 g/mol. The molecule has 2 rings (SSSR count). The van der Waals surface area contributed by atoms with E-state index in [0.29, 0.717) is 0 Å². The maximum atomic E-state index is 11.4. The van der Waals surface area contributed by atoms with Gasteiger partial charge >= 0.3 is 0 Å². The van der Waals surface area contributed by atoms with E-state index in [1.54, 1.807) is 0 Å². The molecule has 0 radical (unpaired) electrons. The lowest BCUT2D eigenvalue weighted by atomic mass is 10.3. The lowest BCUT2D eigenvalue weighted by molar-refractivity contribution is 0.564. The van der Waals surface area contributed by atoms with Gasteiger partial charge < -0.3 is 4.80 Å². The average Bonchev–Trinajstić information content (AvgIpc) is 2.53. The Kier molecular flexibility index (Phi) is 5.33. The van der Waals surface area contributed by atoms with Crippen LogP contribution < -0.4 is 10.4 Å². The highest BCUT2D eigenvalue weighted by Gasteiger charge is 2.34. The van der Waals surface area contributed by atoms with Gasteiger partial charge in [-0.25, -0.2) is 0 Å². The first-order chi connectivity index (χ1) is 9.77. The summed E-state index contributed by atoms with van der Waals surface area (Å²) in [6, 6.07) is 21.1. The van der Waals surface area contributed by atoms with Gasteiger partial charge in [0.2, 0.25) is 0 Å². The molecule has 104 valence electrons. The maximum absolute atomic E-state index is 11.4. The Hall–Kier alpha value is -1.64. The fraction of sp³-hybridized carbons (Fsp3) is 0.222. The number of allylic oxidation sites excluding steroid dienone is 2. The van der Waals surface area contributed by atoms with Crippen LogP contribution in [0.4, 0.5) is 0 Å². The molecular formula is C18H22OSi. The third-order valence-corrected chi connectivity index (χ3v) is 7.17. The molecule has 0 saturated carbocycles. The Morgan fingerprint density at radius 3 is 1.80 bits per heavy atom. The van der Waals surface area contributed by atoms with Crippen LogP contribution in [0, 0.1) is 0 Å². The predicted molar refractivity (Wildman–Crippen MR) is 89.0 cm³/mol. The second-order valence-corrected chi connectivity index (χ2v) is 8.39. The number of benzene rings is 2. The molecule has 0 aliphatic heterocycles. The molecule has 0 bridgehead atoms. The van der Waals surface area contributed by atoms with Crippen molar-refractivity contribution in [2.45, 2.75) is 25.8 Å².